The van der Waals surface area contributed by atoms with Gasteiger partial charge in [0.15, 0.2) is 0 Å². The molecule has 1 atom stereocenters. The topological polar surface area (TPSA) is 62.7 Å². The van der Waals surface area contributed by atoms with Gasteiger partial charge in [-0.2, -0.15) is 5.10 Å². The third kappa shape index (κ3) is 5.99. The van der Waals surface area contributed by atoms with Gasteiger partial charge in [0.05, 0.1) is 6.21 Å². The van der Waals surface area contributed by atoms with E-state index in [1.165, 1.54) is 0 Å². The fourth-order valence-electron chi connectivity index (χ4n) is 3.42. The molecule has 0 saturated carbocycles. The molecule has 4 aromatic rings. The fourth-order valence-corrected chi connectivity index (χ4v) is 3.87. The summed E-state index contributed by atoms with van der Waals surface area (Å²) in [7, 11) is 0. The number of amides is 1. The highest BCUT2D eigenvalue weighted by Gasteiger charge is 2.13. The van der Waals surface area contributed by atoms with Crippen LogP contribution in [-0.4, -0.2) is 18.2 Å². The number of para-hydroxylation sites is 1. The standard InChI is InChI=1S/C27H24BrN3O2/c1-19(30-25-14-7-11-21-9-2-4-13-24(21)25)27(32)31-29-17-22-10-3-5-15-26(22)33-18-20-8-6-12-23(28)16-20/h2-17,19,30H,18H2,1H3,(H,31,32). The van der Waals surface area contributed by atoms with E-state index in [2.05, 4.69) is 31.8 Å². The van der Waals surface area contributed by atoms with Crippen LogP contribution in [0.5, 0.6) is 5.75 Å². The molecule has 0 aromatic heterocycles. The van der Waals surface area contributed by atoms with Gasteiger partial charge in [-0.3, -0.25) is 4.79 Å². The second-order valence-electron chi connectivity index (χ2n) is 7.58. The monoisotopic (exact) mass is 501 g/mol. The zero-order valence-corrected chi connectivity index (χ0v) is 19.7. The molecule has 6 heteroatoms. The zero-order chi connectivity index (χ0) is 23.0. The molecule has 0 bridgehead atoms. The number of nitrogens with zero attached hydrogens (tertiary/aromatic N) is 1. The molecule has 5 nitrogen and oxygen atoms in total. The van der Waals surface area contributed by atoms with Crippen molar-refractivity contribution in [1.82, 2.24) is 5.43 Å². The SMILES string of the molecule is CC(Nc1cccc2ccccc12)C(=O)NN=Cc1ccccc1OCc1cccc(Br)c1. The predicted octanol–water partition coefficient (Wildman–Crippen LogP) is 6.13. The van der Waals surface area contributed by atoms with Crippen LogP contribution in [0, 0.1) is 0 Å². The van der Waals surface area contributed by atoms with Crippen molar-refractivity contribution in [3.05, 3.63) is 107 Å². The minimum atomic E-state index is -0.462. The molecule has 0 aliphatic rings. The fraction of sp³-hybridized carbons (Fsp3) is 0.111. The Bertz CT molecular complexity index is 1280. The van der Waals surface area contributed by atoms with Gasteiger partial charge in [-0.1, -0.05) is 76.6 Å². The Morgan fingerprint density at radius 3 is 2.64 bits per heavy atom. The van der Waals surface area contributed by atoms with E-state index >= 15 is 0 Å². The Labute approximate surface area is 201 Å². The predicted molar refractivity (Wildman–Crippen MR) is 138 cm³/mol. The molecular formula is C27H24BrN3O2. The number of carbonyl (C=O) groups is 1. The van der Waals surface area contributed by atoms with E-state index in [-0.39, 0.29) is 5.91 Å². The molecular weight excluding hydrogens is 478 g/mol. The van der Waals surface area contributed by atoms with Crippen LogP contribution in [0.4, 0.5) is 5.69 Å². The van der Waals surface area contributed by atoms with Gasteiger partial charge in [-0.15, -0.1) is 0 Å². The van der Waals surface area contributed by atoms with Gasteiger partial charge in [0.2, 0.25) is 0 Å². The van der Waals surface area contributed by atoms with Crippen molar-refractivity contribution in [2.75, 3.05) is 5.32 Å². The first-order chi connectivity index (χ1) is 16.1. The van der Waals surface area contributed by atoms with Crippen LogP contribution in [0.2, 0.25) is 0 Å². The number of hydrogen-bond donors (Lipinski definition) is 2. The maximum Gasteiger partial charge on any atom is 0.262 e. The lowest BCUT2D eigenvalue weighted by atomic mass is 10.1. The van der Waals surface area contributed by atoms with Gasteiger partial charge in [0.25, 0.3) is 5.91 Å². The quantitative estimate of drug-likeness (QED) is 0.225. The van der Waals surface area contributed by atoms with E-state index < -0.39 is 6.04 Å². The van der Waals surface area contributed by atoms with Gasteiger partial charge < -0.3 is 10.1 Å². The number of carbonyl (C=O) groups excluding carboxylic acids is 1. The van der Waals surface area contributed by atoms with Crippen LogP contribution in [0.3, 0.4) is 0 Å². The second-order valence-corrected chi connectivity index (χ2v) is 8.50. The number of rotatable bonds is 8. The first-order valence-corrected chi connectivity index (χ1v) is 11.4. The second kappa shape index (κ2) is 10.8. The summed E-state index contributed by atoms with van der Waals surface area (Å²) in [5, 5.41) is 9.60. The largest absolute Gasteiger partial charge is 0.488 e. The number of halogens is 1. The summed E-state index contributed by atoms with van der Waals surface area (Å²) in [5.41, 5.74) is 5.36. The zero-order valence-electron chi connectivity index (χ0n) is 18.2. The summed E-state index contributed by atoms with van der Waals surface area (Å²) in [4.78, 5) is 12.6. The van der Waals surface area contributed by atoms with Gasteiger partial charge in [-0.05, 0) is 48.2 Å². The van der Waals surface area contributed by atoms with Crippen LogP contribution in [-0.2, 0) is 11.4 Å². The molecule has 33 heavy (non-hydrogen) atoms. The van der Waals surface area contributed by atoms with Crippen LogP contribution in [0.15, 0.2) is 101 Å². The minimum absolute atomic E-state index is 0.230. The average Bonchev–Trinajstić information content (AvgIpc) is 2.83. The summed E-state index contributed by atoms with van der Waals surface area (Å²) in [6.45, 7) is 2.24. The molecule has 1 amide bonds. The molecule has 1 unspecified atom stereocenters. The highest BCUT2D eigenvalue weighted by Crippen LogP contribution is 2.23. The maximum absolute atomic E-state index is 12.6. The Balaban J connectivity index is 1.37. The molecule has 0 aliphatic heterocycles. The number of ether oxygens (including phenoxy) is 1. The molecule has 0 spiro atoms. The normalized spacial score (nSPS) is 11.9. The summed E-state index contributed by atoms with van der Waals surface area (Å²) in [5.74, 6) is 0.462. The Kier molecular flexibility index (Phi) is 7.37. The Hall–Kier alpha value is -3.64. The van der Waals surface area contributed by atoms with Crippen molar-refractivity contribution >= 4 is 44.5 Å². The first kappa shape index (κ1) is 22.6. The van der Waals surface area contributed by atoms with E-state index in [9.17, 15) is 4.79 Å². The highest BCUT2D eigenvalue weighted by molar-refractivity contribution is 9.10. The molecule has 0 aliphatic carbocycles. The van der Waals surface area contributed by atoms with Crippen molar-refractivity contribution < 1.29 is 9.53 Å². The molecule has 4 rings (SSSR count). The molecule has 0 radical (unpaired) electrons. The average molecular weight is 502 g/mol. The lowest BCUT2D eigenvalue weighted by Gasteiger charge is -2.15. The molecule has 0 fully saturated rings. The van der Waals surface area contributed by atoms with Gasteiger partial charge in [-0.25, -0.2) is 5.43 Å². The van der Waals surface area contributed by atoms with E-state index in [0.717, 1.165) is 32.1 Å². The van der Waals surface area contributed by atoms with Crippen LogP contribution < -0.4 is 15.5 Å². The van der Waals surface area contributed by atoms with Gasteiger partial charge >= 0.3 is 0 Å². The van der Waals surface area contributed by atoms with Crippen LogP contribution in [0.25, 0.3) is 10.8 Å². The lowest BCUT2D eigenvalue weighted by Crippen LogP contribution is -2.34. The molecule has 2 N–H and O–H groups in total. The van der Waals surface area contributed by atoms with E-state index in [4.69, 9.17) is 4.74 Å². The number of nitrogens with one attached hydrogen (secondary N) is 2. The maximum atomic E-state index is 12.6. The third-order valence-electron chi connectivity index (χ3n) is 5.14. The van der Waals surface area contributed by atoms with Crippen molar-refractivity contribution in [2.24, 2.45) is 5.10 Å². The van der Waals surface area contributed by atoms with Crippen molar-refractivity contribution in [3.63, 3.8) is 0 Å². The van der Waals surface area contributed by atoms with Crippen molar-refractivity contribution in [2.45, 2.75) is 19.6 Å². The number of hydrogen-bond acceptors (Lipinski definition) is 4. The summed E-state index contributed by atoms with van der Waals surface area (Å²) in [6, 6.07) is 29.1. The van der Waals surface area contributed by atoms with E-state index in [1.807, 2.05) is 97.9 Å². The van der Waals surface area contributed by atoms with Crippen molar-refractivity contribution in [1.29, 1.82) is 0 Å². The lowest BCUT2D eigenvalue weighted by molar-refractivity contribution is -0.121. The van der Waals surface area contributed by atoms with Gasteiger partial charge in [0, 0.05) is 21.1 Å². The molecule has 0 heterocycles. The van der Waals surface area contributed by atoms with Crippen LogP contribution >= 0.6 is 15.9 Å². The minimum Gasteiger partial charge on any atom is -0.488 e. The number of fused-ring (bicyclic) bond motifs is 1. The summed E-state index contributed by atoms with van der Waals surface area (Å²) >= 11 is 3.47. The summed E-state index contributed by atoms with van der Waals surface area (Å²) in [6.07, 6.45) is 1.60. The summed E-state index contributed by atoms with van der Waals surface area (Å²) < 4.78 is 6.97. The molecule has 0 saturated heterocycles. The molecule has 4 aromatic carbocycles. The first-order valence-electron chi connectivity index (χ1n) is 10.6. The van der Waals surface area contributed by atoms with E-state index in [0.29, 0.717) is 12.4 Å². The smallest absolute Gasteiger partial charge is 0.262 e. The Morgan fingerprint density at radius 1 is 1.00 bits per heavy atom. The molecule has 166 valence electrons. The third-order valence-corrected chi connectivity index (χ3v) is 5.63. The van der Waals surface area contributed by atoms with Gasteiger partial charge in [0.1, 0.15) is 18.4 Å². The number of hydrazone groups is 1. The Morgan fingerprint density at radius 2 is 1.76 bits per heavy atom. The highest BCUT2D eigenvalue weighted by atomic mass is 79.9. The van der Waals surface area contributed by atoms with E-state index in [1.54, 1.807) is 6.21 Å². The number of benzene rings is 4. The van der Waals surface area contributed by atoms with Crippen molar-refractivity contribution in [3.8, 4) is 5.75 Å². The van der Waals surface area contributed by atoms with Crippen LogP contribution in [0.1, 0.15) is 18.1 Å². The number of anilines is 1.